The Bertz CT molecular complexity index is 438. The molecule has 6 heteroatoms. The Labute approximate surface area is 108 Å². The van der Waals surface area contributed by atoms with Gasteiger partial charge in [0, 0.05) is 29.8 Å². The van der Waals surface area contributed by atoms with Crippen LogP contribution in [-0.4, -0.2) is 23.0 Å². The van der Waals surface area contributed by atoms with E-state index in [1.165, 1.54) is 12.3 Å². The van der Waals surface area contributed by atoms with Gasteiger partial charge in [0.2, 0.25) is 5.82 Å². The molecule has 0 bridgehead atoms. The smallest absolute Gasteiger partial charge is 0.312 e. The molecule has 0 spiro atoms. The van der Waals surface area contributed by atoms with Crippen molar-refractivity contribution >= 4 is 27.4 Å². The Hall–Kier alpha value is -1.69. The van der Waals surface area contributed by atoms with Crippen LogP contribution in [0.3, 0.4) is 0 Å². The predicted molar refractivity (Wildman–Crippen MR) is 71.2 cm³/mol. The summed E-state index contributed by atoms with van der Waals surface area (Å²) in [6.45, 7) is 8.18. The van der Waals surface area contributed by atoms with Gasteiger partial charge in [-0.15, -0.1) is 13.2 Å². The van der Waals surface area contributed by atoms with Crippen molar-refractivity contribution in [3.05, 3.63) is 52.2 Å². The standard InChI is InChI=1S/C11H12BrN3O2/c1-3-5-14(6-4-2)11-10(15(16)17)7-9(12)8-13-11/h3-4,7-8H,1-2,5-6H2. The first-order valence-corrected chi connectivity index (χ1v) is 5.66. The highest BCUT2D eigenvalue weighted by Gasteiger charge is 2.20. The number of pyridine rings is 1. The molecular weight excluding hydrogens is 286 g/mol. The highest BCUT2D eigenvalue weighted by Crippen LogP contribution is 2.28. The first kappa shape index (κ1) is 13.4. The number of halogens is 1. The van der Waals surface area contributed by atoms with Gasteiger partial charge in [-0.2, -0.15) is 0 Å². The van der Waals surface area contributed by atoms with E-state index in [2.05, 4.69) is 34.1 Å². The summed E-state index contributed by atoms with van der Waals surface area (Å²) in [5.41, 5.74) is -0.0388. The fourth-order valence-electron chi connectivity index (χ4n) is 1.36. The Morgan fingerprint density at radius 3 is 2.53 bits per heavy atom. The van der Waals surface area contributed by atoms with Gasteiger partial charge in [-0.3, -0.25) is 10.1 Å². The second kappa shape index (κ2) is 6.15. The molecule has 0 amide bonds. The van der Waals surface area contributed by atoms with Gasteiger partial charge in [0.25, 0.3) is 0 Å². The largest absolute Gasteiger partial charge is 0.343 e. The average molecular weight is 298 g/mol. The first-order chi connectivity index (χ1) is 8.10. The lowest BCUT2D eigenvalue weighted by atomic mass is 10.3. The molecule has 0 aromatic carbocycles. The van der Waals surface area contributed by atoms with Crippen molar-refractivity contribution in [2.24, 2.45) is 0 Å². The van der Waals surface area contributed by atoms with Crippen molar-refractivity contribution in [1.82, 2.24) is 4.98 Å². The molecule has 0 aliphatic heterocycles. The van der Waals surface area contributed by atoms with Gasteiger partial charge >= 0.3 is 5.69 Å². The molecule has 17 heavy (non-hydrogen) atoms. The van der Waals surface area contributed by atoms with E-state index in [1.807, 2.05) is 0 Å². The summed E-state index contributed by atoms with van der Waals surface area (Å²) in [6.07, 6.45) is 4.86. The fraction of sp³-hybridized carbons (Fsp3) is 0.182. The summed E-state index contributed by atoms with van der Waals surface area (Å²) in [6, 6.07) is 1.43. The molecule has 0 atom stereocenters. The summed E-state index contributed by atoms with van der Waals surface area (Å²) in [5.74, 6) is 0.318. The van der Waals surface area contributed by atoms with Crippen LogP contribution >= 0.6 is 15.9 Å². The minimum absolute atomic E-state index is 0.0388. The van der Waals surface area contributed by atoms with Crippen LogP contribution in [0.1, 0.15) is 0 Å². The zero-order chi connectivity index (χ0) is 12.8. The van der Waals surface area contributed by atoms with Gasteiger partial charge in [-0.25, -0.2) is 4.98 Å². The third-order valence-corrected chi connectivity index (χ3v) is 2.44. The van der Waals surface area contributed by atoms with Crippen molar-refractivity contribution in [3.63, 3.8) is 0 Å². The summed E-state index contributed by atoms with van der Waals surface area (Å²) in [7, 11) is 0. The first-order valence-electron chi connectivity index (χ1n) is 4.86. The van der Waals surface area contributed by atoms with Crippen molar-refractivity contribution in [1.29, 1.82) is 0 Å². The van der Waals surface area contributed by atoms with E-state index in [0.717, 1.165) is 0 Å². The molecule has 0 saturated carbocycles. The van der Waals surface area contributed by atoms with Crippen LogP contribution in [0.2, 0.25) is 0 Å². The molecule has 1 aromatic rings. The van der Waals surface area contributed by atoms with Gasteiger partial charge in [-0.05, 0) is 15.9 Å². The number of hydrogen-bond acceptors (Lipinski definition) is 4. The zero-order valence-corrected chi connectivity index (χ0v) is 10.8. The molecule has 0 saturated heterocycles. The topological polar surface area (TPSA) is 59.3 Å². The predicted octanol–water partition coefficient (Wildman–Crippen LogP) is 2.93. The second-order valence-electron chi connectivity index (χ2n) is 3.24. The minimum atomic E-state index is -0.452. The molecule has 0 N–H and O–H groups in total. The van der Waals surface area contributed by atoms with Gasteiger partial charge in [0.05, 0.1) is 4.92 Å². The number of aromatic nitrogens is 1. The molecule has 1 aromatic heterocycles. The number of nitro groups is 1. The zero-order valence-electron chi connectivity index (χ0n) is 9.17. The summed E-state index contributed by atoms with van der Waals surface area (Å²) in [4.78, 5) is 16.3. The van der Waals surface area contributed by atoms with E-state index in [-0.39, 0.29) is 5.69 Å². The van der Waals surface area contributed by atoms with E-state index >= 15 is 0 Å². The Morgan fingerprint density at radius 2 is 2.06 bits per heavy atom. The summed E-state index contributed by atoms with van der Waals surface area (Å²) < 4.78 is 0.574. The molecule has 0 radical (unpaired) electrons. The number of anilines is 1. The van der Waals surface area contributed by atoms with E-state index in [4.69, 9.17) is 0 Å². The number of hydrogen-bond donors (Lipinski definition) is 0. The molecular formula is C11H12BrN3O2. The van der Waals surface area contributed by atoms with Crippen LogP contribution in [-0.2, 0) is 0 Å². The summed E-state index contributed by atoms with van der Waals surface area (Å²) >= 11 is 3.17. The number of rotatable bonds is 6. The highest BCUT2D eigenvalue weighted by molar-refractivity contribution is 9.10. The third kappa shape index (κ3) is 3.39. The van der Waals surface area contributed by atoms with Crippen LogP contribution < -0.4 is 4.90 Å². The van der Waals surface area contributed by atoms with Crippen LogP contribution in [0.15, 0.2) is 42.0 Å². The van der Waals surface area contributed by atoms with Gasteiger partial charge in [-0.1, -0.05) is 12.2 Å². The Balaban J connectivity index is 3.20. The van der Waals surface area contributed by atoms with Gasteiger partial charge < -0.3 is 4.90 Å². The monoisotopic (exact) mass is 297 g/mol. The molecule has 5 nitrogen and oxygen atoms in total. The van der Waals surface area contributed by atoms with Crippen LogP contribution in [0.25, 0.3) is 0 Å². The van der Waals surface area contributed by atoms with Crippen LogP contribution in [0.5, 0.6) is 0 Å². The lowest BCUT2D eigenvalue weighted by molar-refractivity contribution is -0.384. The van der Waals surface area contributed by atoms with E-state index in [1.54, 1.807) is 17.1 Å². The number of nitrogens with zero attached hydrogens (tertiary/aromatic N) is 3. The summed E-state index contributed by atoms with van der Waals surface area (Å²) in [5, 5.41) is 11.0. The van der Waals surface area contributed by atoms with Crippen LogP contribution in [0.4, 0.5) is 11.5 Å². The van der Waals surface area contributed by atoms with Crippen molar-refractivity contribution in [3.8, 4) is 0 Å². The molecule has 0 unspecified atom stereocenters. The molecule has 0 fully saturated rings. The molecule has 90 valence electrons. The van der Waals surface area contributed by atoms with Crippen molar-refractivity contribution < 1.29 is 4.92 Å². The highest BCUT2D eigenvalue weighted by atomic mass is 79.9. The quantitative estimate of drug-likeness (QED) is 0.460. The average Bonchev–Trinajstić information content (AvgIpc) is 2.28. The third-order valence-electron chi connectivity index (χ3n) is 2.01. The van der Waals surface area contributed by atoms with E-state index in [9.17, 15) is 10.1 Å². The van der Waals surface area contributed by atoms with Crippen molar-refractivity contribution in [2.75, 3.05) is 18.0 Å². The lowest BCUT2D eigenvalue weighted by Crippen LogP contribution is -2.25. The maximum absolute atomic E-state index is 11.0. The van der Waals surface area contributed by atoms with Crippen LogP contribution in [0, 0.1) is 10.1 Å². The lowest BCUT2D eigenvalue weighted by Gasteiger charge is -2.19. The Morgan fingerprint density at radius 1 is 1.47 bits per heavy atom. The second-order valence-corrected chi connectivity index (χ2v) is 4.15. The SMILES string of the molecule is C=CCN(CC=C)c1ncc(Br)cc1[N+](=O)[O-]. The maximum atomic E-state index is 11.0. The molecule has 1 heterocycles. The minimum Gasteiger partial charge on any atom is -0.343 e. The van der Waals surface area contributed by atoms with Crippen molar-refractivity contribution in [2.45, 2.75) is 0 Å². The maximum Gasteiger partial charge on any atom is 0.312 e. The molecule has 0 aliphatic carbocycles. The van der Waals surface area contributed by atoms with Gasteiger partial charge in [0.15, 0.2) is 0 Å². The molecule has 1 rings (SSSR count). The fourth-order valence-corrected chi connectivity index (χ4v) is 1.68. The molecule has 0 aliphatic rings. The normalized spacial score (nSPS) is 9.71. The van der Waals surface area contributed by atoms with E-state index in [0.29, 0.717) is 23.4 Å². The van der Waals surface area contributed by atoms with E-state index < -0.39 is 4.92 Å². The Kier molecular flexibility index (Phi) is 4.84. The van der Waals surface area contributed by atoms with Gasteiger partial charge in [0.1, 0.15) is 0 Å².